The summed E-state index contributed by atoms with van der Waals surface area (Å²) in [6.45, 7) is 2.21. The van der Waals surface area contributed by atoms with E-state index in [1.807, 2.05) is 0 Å². The van der Waals surface area contributed by atoms with Crippen LogP contribution in [0.4, 0.5) is 0 Å². The molecule has 0 heterocycles. The van der Waals surface area contributed by atoms with Crippen molar-refractivity contribution in [2.24, 2.45) is 11.7 Å². The van der Waals surface area contributed by atoms with Gasteiger partial charge in [-0.15, -0.1) is 11.6 Å². The molecule has 0 fully saturated rings. The van der Waals surface area contributed by atoms with Crippen LogP contribution >= 0.6 is 11.6 Å². The summed E-state index contributed by atoms with van der Waals surface area (Å²) in [5.41, 5.74) is 5.36. The monoisotopic (exact) mass is 339 g/mol. The molecular formula is C20H34ClNO. The first-order chi connectivity index (χ1) is 11.2. The smallest absolute Gasteiger partial charge is 0.220 e. The normalized spacial score (nSPS) is 13.5. The zero-order valence-electron chi connectivity index (χ0n) is 14.7. The summed E-state index contributed by atoms with van der Waals surface area (Å²) < 4.78 is 0. The van der Waals surface area contributed by atoms with E-state index in [1.165, 1.54) is 32.1 Å². The molecule has 0 saturated heterocycles. The predicted octanol–water partition coefficient (Wildman–Crippen LogP) is 5.92. The Kier molecular flexibility index (Phi) is 16.6. The number of nitrogens with two attached hydrogens (primary N) is 1. The zero-order chi connectivity index (χ0) is 17.2. The van der Waals surface area contributed by atoms with Gasteiger partial charge in [0, 0.05) is 11.8 Å². The molecule has 0 rings (SSSR count). The summed E-state index contributed by atoms with van der Waals surface area (Å²) in [6, 6.07) is 0. The third-order valence-electron chi connectivity index (χ3n) is 3.86. The van der Waals surface area contributed by atoms with Gasteiger partial charge in [-0.1, -0.05) is 75.5 Å². The third kappa shape index (κ3) is 15.6. The maximum absolute atomic E-state index is 11.2. The summed E-state index contributed by atoms with van der Waals surface area (Å²) in [7, 11) is 0. The molecule has 0 aromatic carbocycles. The molecule has 23 heavy (non-hydrogen) atoms. The second-order valence-electron chi connectivity index (χ2n) is 5.95. The number of hydrogen-bond donors (Lipinski definition) is 1. The Morgan fingerprint density at radius 3 is 2.09 bits per heavy atom. The minimum Gasteiger partial charge on any atom is -0.369 e. The van der Waals surface area contributed by atoms with E-state index in [9.17, 15) is 4.79 Å². The second kappa shape index (κ2) is 17.3. The number of halogens is 1. The van der Waals surface area contributed by atoms with Gasteiger partial charge in [0.1, 0.15) is 0 Å². The van der Waals surface area contributed by atoms with Crippen molar-refractivity contribution in [3.8, 4) is 0 Å². The molecule has 0 radical (unpaired) electrons. The van der Waals surface area contributed by atoms with Crippen molar-refractivity contribution in [2.45, 2.75) is 71.1 Å². The highest BCUT2D eigenvalue weighted by molar-refractivity contribution is 6.17. The molecule has 0 spiro atoms. The van der Waals surface area contributed by atoms with Gasteiger partial charge in [-0.3, -0.25) is 4.79 Å². The standard InChI is InChI=1S/C20H34ClNO/c1-2-3-4-5-6-7-8-9-10-11-12-13-14-15-16-19(17-18-21)20(22)23/h5-10,19H,2-4,11-18H2,1H3,(H2,22,23). The molecule has 132 valence electrons. The Labute approximate surface area is 147 Å². The van der Waals surface area contributed by atoms with E-state index in [-0.39, 0.29) is 11.8 Å². The molecule has 0 saturated carbocycles. The van der Waals surface area contributed by atoms with Gasteiger partial charge in [-0.2, -0.15) is 0 Å². The first kappa shape index (κ1) is 22.0. The van der Waals surface area contributed by atoms with Crippen LogP contribution in [0.3, 0.4) is 0 Å². The fraction of sp³-hybridized carbons (Fsp3) is 0.650. The van der Waals surface area contributed by atoms with E-state index in [0.29, 0.717) is 12.3 Å². The Morgan fingerprint density at radius 2 is 1.52 bits per heavy atom. The van der Waals surface area contributed by atoms with Gasteiger partial charge in [0.05, 0.1) is 0 Å². The van der Waals surface area contributed by atoms with Crippen LogP contribution in [0.1, 0.15) is 71.1 Å². The van der Waals surface area contributed by atoms with Crippen molar-refractivity contribution in [2.75, 3.05) is 5.88 Å². The maximum atomic E-state index is 11.2. The zero-order valence-corrected chi connectivity index (χ0v) is 15.4. The number of hydrogen-bond acceptors (Lipinski definition) is 1. The molecule has 1 amide bonds. The number of primary amides is 1. The van der Waals surface area contributed by atoms with Crippen LogP contribution in [-0.2, 0) is 4.79 Å². The predicted molar refractivity (Wildman–Crippen MR) is 103 cm³/mol. The largest absolute Gasteiger partial charge is 0.369 e. The molecule has 0 aromatic heterocycles. The molecule has 3 heteroatoms. The van der Waals surface area contributed by atoms with E-state index >= 15 is 0 Å². The van der Waals surface area contributed by atoms with E-state index in [2.05, 4.69) is 43.4 Å². The molecule has 1 unspecified atom stereocenters. The fourth-order valence-corrected chi connectivity index (χ4v) is 2.63. The molecule has 2 nitrogen and oxygen atoms in total. The molecule has 1 atom stereocenters. The van der Waals surface area contributed by atoms with Crippen LogP contribution in [0.15, 0.2) is 36.5 Å². The Bertz CT molecular complexity index is 361. The summed E-state index contributed by atoms with van der Waals surface area (Å²) in [5, 5.41) is 0. The van der Waals surface area contributed by atoms with Gasteiger partial charge in [0.25, 0.3) is 0 Å². The van der Waals surface area contributed by atoms with Gasteiger partial charge < -0.3 is 5.73 Å². The van der Waals surface area contributed by atoms with Crippen molar-refractivity contribution in [1.82, 2.24) is 0 Å². The lowest BCUT2D eigenvalue weighted by Gasteiger charge is -2.10. The quantitative estimate of drug-likeness (QED) is 0.225. The number of allylic oxidation sites excluding steroid dienone is 6. The van der Waals surface area contributed by atoms with E-state index in [4.69, 9.17) is 17.3 Å². The van der Waals surface area contributed by atoms with Gasteiger partial charge >= 0.3 is 0 Å². The summed E-state index contributed by atoms with van der Waals surface area (Å²) in [4.78, 5) is 11.2. The highest BCUT2D eigenvalue weighted by Gasteiger charge is 2.13. The number of rotatable bonds is 15. The van der Waals surface area contributed by atoms with Crippen LogP contribution in [0.25, 0.3) is 0 Å². The van der Waals surface area contributed by atoms with Crippen molar-refractivity contribution in [1.29, 1.82) is 0 Å². The van der Waals surface area contributed by atoms with Crippen LogP contribution in [-0.4, -0.2) is 11.8 Å². The van der Waals surface area contributed by atoms with Crippen LogP contribution in [0, 0.1) is 5.92 Å². The minimum atomic E-state index is -0.205. The molecule has 2 N–H and O–H groups in total. The van der Waals surface area contributed by atoms with Crippen LogP contribution < -0.4 is 5.73 Å². The topological polar surface area (TPSA) is 43.1 Å². The summed E-state index contributed by atoms with van der Waals surface area (Å²) in [6.07, 6.45) is 23.9. The van der Waals surface area contributed by atoms with Gasteiger partial charge in [-0.25, -0.2) is 0 Å². The lowest BCUT2D eigenvalue weighted by atomic mass is 9.97. The maximum Gasteiger partial charge on any atom is 0.220 e. The average Bonchev–Trinajstić information content (AvgIpc) is 2.54. The lowest BCUT2D eigenvalue weighted by Crippen LogP contribution is -2.23. The Balaban J connectivity index is 3.51. The molecule has 0 bridgehead atoms. The second-order valence-corrected chi connectivity index (χ2v) is 6.33. The van der Waals surface area contributed by atoms with E-state index in [0.717, 1.165) is 25.7 Å². The van der Waals surface area contributed by atoms with Gasteiger partial charge in [0.2, 0.25) is 5.91 Å². The molecule has 0 aromatic rings. The molecule has 0 aliphatic rings. The van der Waals surface area contributed by atoms with E-state index < -0.39 is 0 Å². The summed E-state index contributed by atoms with van der Waals surface area (Å²) >= 11 is 5.68. The van der Waals surface area contributed by atoms with Crippen molar-refractivity contribution in [3.05, 3.63) is 36.5 Å². The lowest BCUT2D eigenvalue weighted by molar-refractivity contribution is -0.122. The molecule has 0 aliphatic carbocycles. The van der Waals surface area contributed by atoms with Crippen molar-refractivity contribution < 1.29 is 4.79 Å². The Hall–Kier alpha value is -1.02. The van der Waals surface area contributed by atoms with Crippen LogP contribution in [0.5, 0.6) is 0 Å². The SMILES string of the molecule is CCCCC=CC=CC=CCCCCCCC(CCCl)C(N)=O. The number of unbranched alkanes of at least 4 members (excludes halogenated alkanes) is 6. The average molecular weight is 340 g/mol. The summed E-state index contributed by atoms with van der Waals surface area (Å²) in [5.74, 6) is 0.270. The van der Waals surface area contributed by atoms with Crippen molar-refractivity contribution >= 4 is 17.5 Å². The highest BCUT2D eigenvalue weighted by Crippen LogP contribution is 2.15. The number of amides is 1. The number of carbonyl (C=O) groups excluding carboxylic acids is 1. The third-order valence-corrected chi connectivity index (χ3v) is 4.08. The first-order valence-electron chi connectivity index (χ1n) is 9.06. The molecular weight excluding hydrogens is 306 g/mol. The molecule has 0 aliphatic heterocycles. The number of carbonyl (C=O) groups is 1. The highest BCUT2D eigenvalue weighted by atomic mass is 35.5. The van der Waals surface area contributed by atoms with E-state index in [1.54, 1.807) is 0 Å². The Morgan fingerprint density at radius 1 is 0.913 bits per heavy atom. The fourth-order valence-electron chi connectivity index (χ4n) is 2.37. The van der Waals surface area contributed by atoms with Crippen molar-refractivity contribution in [3.63, 3.8) is 0 Å². The number of alkyl halides is 1. The van der Waals surface area contributed by atoms with Gasteiger partial charge in [-0.05, 0) is 32.1 Å². The first-order valence-corrected chi connectivity index (χ1v) is 9.59. The minimum absolute atomic E-state index is 0.0390. The van der Waals surface area contributed by atoms with Gasteiger partial charge in [0.15, 0.2) is 0 Å². The van der Waals surface area contributed by atoms with Crippen LogP contribution in [0.2, 0.25) is 0 Å².